The number of urea groups is 1. The fraction of sp³-hybridized carbons (Fsp3) is 0.367. The third-order valence-electron chi connectivity index (χ3n) is 6.29. The number of hydrogen-bond donors (Lipinski definition) is 1. The van der Waals surface area contributed by atoms with Gasteiger partial charge in [-0.1, -0.05) is 75.7 Å². The molecule has 3 aromatic rings. The molecule has 3 rings (SSSR count). The lowest BCUT2D eigenvalue weighted by molar-refractivity contribution is 0.256. The summed E-state index contributed by atoms with van der Waals surface area (Å²) in [5.41, 5.74) is 8.68. The largest absolute Gasteiger partial charge is 0.378 e. The second-order valence-electron chi connectivity index (χ2n) is 9.99. The highest BCUT2D eigenvalue weighted by Crippen LogP contribution is 2.33. The monoisotopic (exact) mass is 457 g/mol. The van der Waals surface area contributed by atoms with Crippen molar-refractivity contribution >= 4 is 23.1 Å². The molecule has 0 radical (unpaired) electrons. The van der Waals surface area contributed by atoms with Gasteiger partial charge in [0, 0.05) is 31.2 Å². The van der Waals surface area contributed by atoms with Crippen LogP contribution in [0.2, 0.25) is 0 Å². The molecule has 0 unspecified atom stereocenters. The lowest BCUT2D eigenvalue weighted by Gasteiger charge is -2.28. The molecule has 2 amide bonds. The van der Waals surface area contributed by atoms with Crippen LogP contribution >= 0.6 is 0 Å². The number of hydrogen-bond acceptors (Lipinski definition) is 2. The standard InChI is InChI=1S/C30H39N3O/c1-20(2)26-10-9-11-27(21(3)4)29(26)31-30(34)33(28-17-12-22(5)18-23(28)6)19-24-13-15-25(16-14-24)32(7)8/h9-18,20-21H,19H2,1-8H3,(H,31,34). The van der Waals surface area contributed by atoms with Crippen LogP contribution in [-0.2, 0) is 6.54 Å². The molecule has 0 aliphatic rings. The van der Waals surface area contributed by atoms with Gasteiger partial charge in [0.2, 0.25) is 0 Å². The van der Waals surface area contributed by atoms with Crippen LogP contribution in [0.4, 0.5) is 21.9 Å². The highest BCUT2D eigenvalue weighted by molar-refractivity contribution is 6.03. The molecule has 4 nitrogen and oxygen atoms in total. The highest BCUT2D eigenvalue weighted by Gasteiger charge is 2.22. The Morgan fingerprint density at radius 2 is 1.44 bits per heavy atom. The number of amides is 2. The molecule has 1 N–H and O–H groups in total. The quantitative estimate of drug-likeness (QED) is 0.392. The van der Waals surface area contributed by atoms with Crippen molar-refractivity contribution in [2.24, 2.45) is 0 Å². The molecular formula is C30H39N3O. The molecule has 0 fully saturated rings. The molecule has 0 aliphatic carbocycles. The van der Waals surface area contributed by atoms with Crippen molar-refractivity contribution in [3.8, 4) is 0 Å². The van der Waals surface area contributed by atoms with E-state index in [1.807, 2.05) is 19.0 Å². The van der Waals surface area contributed by atoms with Crippen molar-refractivity contribution in [1.82, 2.24) is 0 Å². The van der Waals surface area contributed by atoms with E-state index in [4.69, 9.17) is 0 Å². The van der Waals surface area contributed by atoms with E-state index in [0.717, 1.165) is 39.3 Å². The minimum Gasteiger partial charge on any atom is -0.378 e. The first kappa shape index (κ1) is 25.4. The van der Waals surface area contributed by atoms with E-state index in [1.165, 1.54) is 5.56 Å². The summed E-state index contributed by atoms with van der Waals surface area (Å²) in [5.74, 6) is 0.615. The smallest absolute Gasteiger partial charge is 0.326 e. The minimum absolute atomic E-state index is 0.112. The van der Waals surface area contributed by atoms with Crippen LogP contribution in [0.15, 0.2) is 60.7 Å². The maximum absolute atomic E-state index is 13.9. The van der Waals surface area contributed by atoms with E-state index >= 15 is 0 Å². The summed E-state index contributed by atoms with van der Waals surface area (Å²) in [7, 11) is 4.06. The van der Waals surface area contributed by atoms with Crippen molar-refractivity contribution in [3.05, 3.63) is 88.5 Å². The predicted octanol–water partition coefficient (Wildman–Crippen LogP) is 7.85. The minimum atomic E-state index is -0.112. The van der Waals surface area contributed by atoms with E-state index in [1.54, 1.807) is 0 Å². The lowest BCUT2D eigenvalue weighted by Crippen LogP contribution is -2.35. The second kappa shape index (κ2) is 10.8. The van der Waals surface area contributed by atoms with Gasteiger partial charge in [0.15, 0.2) is 0 Å². The normalized spacial score (nSPS) is 11.1. The van der Waals surface area contributed by atoms with E-state index in [9.17, 15) is 4.79 Å². The summed E-state index contributed by atoms with van der Waals surface area (Å²) in [6.07, 6.45) is 0. The van der Waals surface area contributed by atoms with Gasteiger partial charge in [0.05, 0.1) is 6.54 Å². The number of nitrogens with one attached hydrogen (secondary N) is 1. The first-order chi connectivity index (χ1) is 16.1. The Morgan fingerprint density at radius 1 is 0.853 bits per heavy atom. The third kappa shape index (κ3) is 5.80. The van der Waals surface area contributed by atoms with Gasteiger partial charge in [0.25, 0.3) is 0 Å². The Labute approximate surface area is 205 Å². The number of carbonyl (C=O) groups excluding carboxylic acids is 1. The van der Waals surface area contributed by atoms with Gasteiger partial charge in [-0.2, -0.15) is 0 Å². The number of para-hydroxylation sites is 1. The summed E-state index contributed by atoms with van der Waals surface area (Å²) in [6, 6.07) is 20.9. The van der Waals surface area contributed by atoms with Gasteiger partial charge in [-0.05, 0) is 66.1 Å². The van der Waals surface area contributed by atoms with Crippen molar-refractivity contribution in [2.45, 2.75) is 59.9 Å². The Kier molecular flexibility index (Phi) is 8.03. The van der Waals surface area contributed by atoms with E-state index in [0.29, 0.717) is 18.4 Å². The second-order valence-corrected chi connectivity index (χ2v) is 9.99. The van der Waals surface area contributed by atoms with Gasteiger partial charge < -0.3 is 10.2 Å². The van der Waals surface area contributed by atoms with E-state index in [-0.39, 0.29) is 6.03 Å². The number of rotatable bonds is 7. The van der Waals surface area contributed by atoms with E-state index in [2.05, 4.69) is 112 Å². The Hall–Kier alpha value is -3.27. The lowest BCUT2D eigenvalue weighted by atomic mass is 9.92. The predicted molar refractivity (Wildman–Crippen MR) is 147 cm³/mol. The summed E-state index contributed by atoms with van der Waals surface area (Å²) >= 11 is 0. The average Bonchev–Trinajstić information content (AvgIpc) is 2.78. The number of carbonyl (C=O) groups is 1. The zero-order chi connectivity index (χ0) is 25.0. The fourth-order valence-corrected chi connectivity index (χ4v) is 4.33. The van der Waals surface area contributed by atoms with Crippen LogP contribution in [0.25, 0.3) is 0 Å². The molecule has 0 bridgehead atoms. The topological polar surface area (TPSA) is 35.6 Å². The van der Waals surface area contributed by atoms with Gasteiger partial charge in [0.1, 0.15) is 0 Å². The molecule has 3 aromatic carbocycles. The number of anilines is 3. The van der Waals surface area contributed by atoms with Crippen molar-refractivity contribution in [1.29, 1.82) is 0 Å². The maximum atomic E-state index is 13.9. The van der Waals surface area contributed by atoms with Crippen molar-refractivity contribution in [2.75, 3.05) is 29.2 Å². The summed E-state index contributed by atoms with van der Waals surface area (Å²) in [5, 5.41) is 3.31. The molecular weight excluding hydrogens is 418 g/mol. The first-order valence-electron chi connectivity index (χ1n) is 12.1. The third-order valence-corrected chi connectivity index (χ3v) is 6.29. The molecule has 0 heterocycles. The zero-order valence-corrected chi connectivity index (χ0v) is 21.9. The van der Waals surface area contributed by atoms with Crippen LogP contribution in [0.5, 0.6) is 0 Å². The highest BCUT2D eigenvalue weighted by atomic mass is 16.2. The number of aryl methyl sites for hydroxylation is 2. The molecule has 0 spiro atoms. The molecule has 4 heteroatoms. The molecule has 34 heavy (non-hydrogen) atoms. The van der Waals surface area contributed by atoms with Crippen LogP contribution in [-0.4, -0.2) is 20.1 Å². The number of benzene rings is 3. The molecule has 0 saturated heterocycles. The molecule has 0 saturated carbocycles. The summed E-state index contributed by atoms with van der Waals surface area (Å²) in [4.78, 5) is 17.8. The van der Waals surface area contributed by atoms with E-state index < -0.39 is 0 Å². The van der Waals surface area contributed by atoms with Crippen LogP contribution in [0, 0.1) is 13.8 Å². The average molecular weight is 458 g/mol. The van der Waals surface area contributed by atoms with Crippen molar-refractivity contribution in [3.63, 3.8) is 0 Å². The molecule has 180 valence electrons. The van der Waals surface area contributed by atoms with Crippen molar-refractivity contribution < 1.29 is 4.79 Å². The summed E-state index contributed by atoms with van der Waals surface area (Å²) in [6.45, 7) is 13.3. The molecule has 0 aromatic heterocycles. The Balaban J connectivity index is 2.02. The van der Waals surface area contributed by atoms with Gasteiger partial charge >= 0.3 is 6.03 Å². The maximum Gasteiger partial charge on any atom is 0.326 e. The first-order valence-corrected chi connectivity index (χ1v) is 12.1. The zero-order valence-electron chi connectivity index (χ0n) is 21.9. The molecule has 0 aliphatic heterocycles. The Bertz CT molecular complexity index is 1100. The molecule has 0 atom stereocenters. The summed E-state index contributed by atoms with van der Waals surface area (Å²) < 4.78 is 0. The SMILES string of the molecule is Cc1ccc(N(Cc2ccc(N(C)C)cc2)C(=O)Nc2c(C(C)C)cccc2C(C)C)c(C)c1. The van der Waals surface area contributed by atoms with Gasteiger partial charge in [-0.3, -0.25) is 4.90 Å². The van der Waals surface area contributed by atoms with Crippen LogP contribution in [0.3, 0.4) is 0 Å². The van der Waals surface area contributed by atoms with Gasteiger partial charge in [-0.15, -0.1) is 0 Å². The van der Waals surface area contributed by atoms with Crippen LogP contribution < -0.4 is 15.1 Å². The Morgan fingerprint density at radius 3 is 1.94 bits per heavy atom. The fourth-order valence-electron chi connectivity index (χ4n) is 4.33. The number of nitrogens with zero attached hydrogens (tertiary/aromatic N) is 2. The van der Waals surface area contributed by atoms with Crippen LogP contribution in [0.1, 0.15) is 67.3 Å². The van der Waals surface area contributed by atoms with Gasteiger partial charge in [-0.25, -0.2) is 4.79 Å².